The Morgan fingerprint density at radius 2 is 1.94 bits per heavy atom. The van der Waals surface area contributed by atoms with Crippen molar-refractivity contribution in [3.05, 3.63) is 42.7 Å². The van der Waals surface area contributed by atoms with E-state index in [1.165, 1.54) is 0 Å². The summed E-state index contributed by atoms with van der Waals surface area (Å²) < 4.78 is 3.43. The third-order valence-electron chi connectivity index (χ3n) is 6.21. The highest BCUT2D eigenvalue weighted by molar-refractivity contribution is 5.93. The summed E-state index contributed by atoms with van der Waals surface area (Å²) in [5, 5.41) is 29.0. The van der Waals surface area contributed by atoms with Gasteiger partial charge in [-0.1, -0.05) is 0 Å². The van der Waals surface area contributed by atoms with Crippen LogP contribution in [0.5, 0.6) is 0 Å². The van der Waals surface area contributed by atoms with Crippen molar-refractivity contribution in [2.45, 2.75) is 31.7 Å². The maximum absolute atomic E-state index is 9.46. The third kappa shape index (κ3) is 2.98. The molecule has 5 rings (SSSR count). The van der Waals surface area contributed by atoms with Gasteiger partial charge in [-0.05, 0) is 44.0 Å². The lowest BCUT2D eigenvalue weighted by atomic mass is 9.58. The summed E-state index contributed by atoms with van der Waals surface area (Å²) in [6, 6.07) is 14.0. The molecule has 4 aromatic rings. The molecular formula is C23H21N9. The summed E-state index contributed by atoms with van der Waals surface area (Å²) >= 11 is 0. The van der Waals surface area contributed by atoms with E-state index in [4.69, 9.17) is 15.8 Å². The zero-order valence-corrected chi connectivity index (χ0v) is 17.8. The fourth-order valence-electron chi connectivity index (χ4n) is 4.72. The van der Waals surface area contributed by atoms with E-state index in [0.29, 0.717) is 47.9 Å². The summed E-state index contributed by atoms with van der Waals surface area (Å²) in [6.45, 7) is 1.93. The van der Waals surface area contributed by atoms with E-state index in [2.05, 4.69) is 22.2 Å². The molecule has 4 heterocycles. The molecule has 1 aliphatic rings. The Morgan fingerprint density at radius 1 is 1.12 bits per heavy atom. The van der Waals surface area contributed by atoms with E-state index in [1.54, 1.807) is 24.0 Å². The Kier molecular flexibility index (Phi) is 4.24. The highest BCUT2D eigenvalue weighted by Gasteiger charge is 2.54. The van der Waals surface area contributed by atoms with Crippen LogP contribution in [0.3, 0.4) is 0 Å². The van der Waals surface area contributed by atoms with Crippen LogP contribution in [-0.4, -0.2) is 29.5 Å². The molecule has 2 N–H and O–H groups in total. The Balaban J connectivity index is 1.62. The molecule has 0 radical (unpaired) electrons. The quantitative estimate of drug-likeness (QED) is 0.531. The van der Waals surface area contributed by atoms with E-state index in [1.807, 2.05) is 42.1 Å². The molecule has 0 bridgehead atoms. The zero-order chi connectivity index (χ0) is 22.5. The number of aromatic nitrogens is 6. The van der Waals surface area contributed by atoms with Crippen LogP contribution in [0.1, 0.15) is 26.2 Å². The number of anilines is 1. The second-order valence-corrected chi connectivity index (χ2v) is 8.74. The van der Waals surface area contributed by atoms with E-state index in [9.17, 15) is 10.5 Å². The summed E-state index contributed by atoms with van der Waals surface area (Å²) in [4.78, 5) is 9.37. The Labute approximate surface area is 184 Å². The maximum atomic E-state index is 9.46. The van der Waals surface area contributed by atoms with Crippen molar-refractivity contribution >= 4 is 16.7 Å². The molecule has 1 fully saturated rings. The molecule has 0 aliphatic heterocycles. The average molecular weight is 423 g/mol. The fourth-order valence-corrected chi connectivity index (χ4v) is 4.72. The minimum Gasteiger partial charge on any atom is -0.384 e. The van der Waals surface area contributed by atoms with Crippen LogP contribution in [-0.2, 0) is 12.6 Å². The standard InChI is InChI=1S/C23H21N9/c1-22(14-25)12-23(13-22,6-7-24)32-9-5-16(30-32)21-15-4-3-8-27-17(15)10-18(28-21)19-11-20(26)31(2)29-19/h3-5,8-11H,6,12-13,26H2,1-2H3. The molecule has 4 aromatic heterocycles. The normalized spacial score (nSPS) is 22.2. The molecule has 1 aliphatic carbocycles. The first kappa shape index (κ1) is 19.7. The number of hydrogen-bond donors (Lipinski definition) is 1. The monoisotopic (exact) mass is 423 g/mol. The number of hydrogen-bond acceptors (Lipinski definition) is 7. The first-order valence-corrected chi connectivity index (χ1v) is 10.3. The first-order chi connectivity index (χ1) is 15.4. The Bertz CT molecular complexity index is 1400. The minimum atomic E-state index is -0.474. The maximum Gasteiger partial charge on any atom is 0.122 e. The van der Waals surface area contributed by atoms with E-state index in [0.717, 1.165) is 10.9 Å². The largest absolute Gasteiger partial charge is 0.384 e. The third-order valence-corrected chi connectivity index (χ3v) is 6.21. The van der Waals surface area contributed by atoms with Crippen LogP contribution in [0.2, 0.25) is 0 Å². The summed E-state index contributed by atoms with van der Waals surface area (Å²) in [6.07, 6.45) is 5.09. The topological polar surface area (TPSA) is 135 Å². The highest BCUT2D eigenvalue weighted by atomic mass is 15.3. The molecule has 0 spiro atoms. The fraction of sp³-hybridized carbons (Fsp3) is 0.304. The second-order valence-electron chi connectivity index (χ2n) is 8.74. The average Bonchev–Trinajstić information content (AvgIpc) is 3.39. The van der Waals surface area contributed by atoms with Crippen molar-refractivity contribution in [1.29, 1.82) is 10.5 Å². The van der Waals surface area contributed by atoms with Crippen molar-refractivity contribution in [2.75, 3.05) is 5.73 Å². The predicted molar refractivity (Wildman–Crippen MR) is 119 cm³/mol. The number of nitrogens with two attached hydrogens (primary N) is 1. The van der Waals surface area contributed by atoms with Crippen molar-refractivity contribution in [3.8, 4) is 34.9 Å². The van der Waals surface area contributed by atoms with Crippen molar-refractivity contribution in [3.63, 3.8) is 0 Å². The summed E-state index contributed by atoms with van der Waals surface area (Å²) in [5.41, 5.74) is 8.51. The first-order valence-electron chi connectivity index (χ1n) is 10.3. The number of nitrogens with zero attached hydrogens (tertiary/aromatic N) is 8. The van der Waals surface area contributed by atoms with Gasteiger partial charge in [-0.2, -0.15) is 20.7 Å². The van der Waals surface area contributed by atoms with Gasteiger partial charge in [-0.25, -0.2) is 4.98 Å². The lowest BCUT2D eigenvalue weighted by molar-refractivity contribution is 0.0200. The summed E-state index contributed by atoms with van der Waals surface area (Å²) in [7, 11) is 1.78. The van der Waals surface area contributed by atoms with Gasteiger partial charge in [0.05, 0.1) is 40.7 Å². The molecule has 0 atom stereocenters. The van der Waals surface area contributed by atoms with Crippen LogP contribution >= 0.6 is 0 Å². The van der Waals surface area contributed by atoms with Crippen LogP contribution in [0.4, 0.5) is 5.82 Å². The Morgan fingerprint density at radius 3 is 2.62 bits per heavy atom. The number of aryl methyl sites for hydroxylation is 1. The number of nitriles is 2. The number of fused-ring (bicyclic) bond motifs is 1. The molecule has 0 amide bonds. The molecule has 9 nitrogen and oxygen atoms in total. The second kappa shape index (κ2) is 6.89. The van der Waals surface area contributed by atoms with Gasteiger partial charge in [-0.15, -0.1) is 0 Å². The molecule has 158 valence electrons. The van der Waals surface area contributed by atoms with Gasteiger partial charge in [0.1, 0.15) is 22.9 Å². The van der Waals surface area contributed by atoms with Crippen LogP contribution in [0.25, 0.3) is 33.7 Å². The molecule has 0 unspecified atom stereocenters. The van der Waals surface area contributed by atoms with E-state index >= 15 is 0 Å². The van der Waals surface area contributed by atoms with Gasteiger partial charge >= 0.3 is 0 Å². The number of nitrogen functional groups attached to an aromatic ring is 1. The molecule has 1 saturated carbocycles. The van der Waals surface area contributed by atoms with Crippen LogP contribution in [0.15, 0.2) is 42.7 Å². The highest BCUT2D eigenvalue weighted by Crippen LogP contribution is 2.54. The molecule has 0 aromatic carbocycles. The summed E-state index contributed by atoms with van der Waals surface area (Å²) in [5.74, 6) is 0.540. The molecule has 9 heteroatoms. The lowest BCUT2D eigenvalue weighted by Gasteiger charge is -2.50. The van der Waals surface area contributed by atoms with E-state index < -0.39 is 11.0 Å². The van der Waals surface area contributed by atoms with Crippen molar-refractivity contribution < 1.29 is 0 Å². The van der Waals surface area contributed by atoms with Gasteiger partial charge in [-0.3, -0.25) is 14.3 Å². The molecule has 32 heavy (non-hydrogen) atoms. The Hall–Kier alpha value is -4.24. The van der Waals surface area contributed by atoms with Crippen molar-refractivity contribution in [1.82, 2.24) is 29.5 Å². The van der Waals surface area contributed by atoms with Gasteiger partial charge in [0.15, 0.2) is 0 Å². The van der Waals surface area contributed by atoms with E-state index in [-0.39, 0.29) is 0 Å². The van der Waals surface area contributed by atoms with Crippen LogP contribution < -0.4 is 5.73 Å². The zero-order valence-electron chi connectivity index (χ0n) is 17.8. The van der Waals surface area contributed by atoms with Gasteiger partial charge in [0.25, 0.3) is 0 Å². The molecular weight excluding hydrogens is 402 g/mol. The smallest absolute Gasteiger partial charge is 0.122 e. The van der Waals surface area contributed by atoms with Gasteiger partial charge in [0, 0.05) is 30.9 Å². The number of rotatable bonds is 4. The lowest BCUT2D eigenvalue weighted by Crippen LogP contribution is -2.51. The minimum absolute atomic E-state index is 0.300. The molecule has 0 saturated heterocycles. The number of pyridine rings is 2. The van der Waals surface area contributed by atoms with Gasteiger partial charge in [0.2, 0.25) is 0 Å². The van der Waals surface area contributed by atoms with Gasteiger partial charge < -0.3 is 5.73 Å². The van der Waals surface area contributed by atoms with Crippen LogP contribution in [0, 0.1) is 28.1 Å². The predicted octanol–water partition coefficient (Wildman–Crippen LogP) is 3.41. The SMILES string of the molecule is Cn1nc(-c2cc3ncccc3c(-c3ccn(C4(CC#N)CC(C)(C#N)C4)n3)n2)cc1N. The van der Waals surface area contributed by atoms with Crippen molar-refractivity contribution in [2.24, 2.45) is 12.5 Å².